The van der Waals surface area contributed by atoms with Gasteiger partial charge in [0.2, 0.25) is 5.91 Å². The maximum absolute atomic E-state index is 12.7. The highest BCUT2D eigenvalue weighted by atomic mass is 16.6. The van der Waals surface area contributed by atoms with E-state index in [4.69, 9.17) is 9.47 Å². The van der Waals surface area contributed by atoms with Gasteiger partial charge in [-0.15, -0.1) is 0 Å². The monoisotopic (exact) mass is 341 g/mol. The van der Waals surface area contributed by atoms with Crippen LogP contribution in [0.3, 0.4) is 0 Å². The molecule has 4 rings (SSSR count). The van der Waals surface area contributed by atoms with Gasteiger partial charge in [-0.05, 0) is 43.0 Å². The number of amides is 1. The average molecular weight is 341 g/mol. The number of hydrogen-bond acceptors (Lipinski definition) is 4. The summed E-state index contributed by atoms with van der Waals surface area (Å²) in [6, 6.07) is 6.17. The van der Waals surface area contributed by atoms with Crippen LogP contribution >= 0.6 is 0 Å². The first-order valence-corrected chi connectivity index (χ1v) is 8.89. The summed E-state index contributed by atoms with van der Waals surface area (Å²) in [6.45, 7) is 4.61. The lowest BCUT2D eigenvalue weighted by molar-refractivity contribution is -0.132. The third-order valence-corrected chi connectivity index (χ3v) is 4.84. The van der Waals surface area contributed by atoms with Gasteiger partial charge in [0.1, 0.15) is 13.2 Å². The standard InChI is InChI=1S/C19H23N3O3/c1-14-12-20-21(13-14)8-6-19(23)22-7-2-3-16(22)15-4-5-17-18(11-15)25-10-9-24-17/h4-5,11-13,16H,2-3,6-10H2,1H3/t16-/m0/s1. The maximum atomic E-state index is 12.7. The van der Waals surface area contributed by atoms with Crippen molar-refractivity contribution in [2.75, 3.05) is 19.8 Å². The zero-order chi connectivity index (χ0) is 17.2. The number of carbonyl (C=O) groups excluding carboxylic acids is 1. The molecule has 1 aromatic carbocycles. The summed E-state index contributed by atoms with van der Waals surface area (Å²) in [6.07, 6.45) is 6.29. The summed E-state index contributed by atoms with van der Waals surface area (Å²) in [5, 5.41) is 4.26. The van der Waals surface area contributed by atoms with E-state index in [0.717, 1.165) is 42.0 Å². The van der Waals surface area contributed by atoms with Gasteiger partial charge in [0.05, 0.1) is 12.2 Å². The van der Waals surface area contributed by atoms with E-state index in [-0.39, 0.29) is 11.9 Å². The van der Waals surface area contributed by atoms with Crippen molar-refractivity contribution in [3.63, 3.8) is 0 Å². The van der Waals surface area contributed by atoms with Gasteiger partial charge in [0.25, 0.3) is 0 Å². The van der Waals surface area contributed by atoms with Gasteiger partial charge in [-0.1, -0.05) is 6.07 Å². The number of likely N-dealkylation sites (tertiary alicyclic amines) is 1. The molecule has 2 aliphatic heterocycles. The number of ether oxygens (including phenoxy) is 2. The molecule has 1 aromatic heterocycles. The molecule has 2 aliphatic rings. The van der Waals surface area contributed by atoms with E-state index in [1.54, 1.807) is 0 Å². The Morgan fingerprint density at radius 1 is 1.28 bits per heavy atom. The van der Waals surface area contributed by atoms with E-state index >= 15 is 0 Å². The molecule has 1 saturated heterocycles. The number of carbonyl (C=O) groups is 1. The Labute approximate surface area is 147 Å². The van der Waals surface area contributed by atoms with E-state index in [0.29, 0.717) is 26.2 Å². The highest BCUT2D eigenvalue weighted by molar-refractivity contribution is 5.77. The Balaban J connectivity index is 1.45. The summed E-state index contributed by atoms with van der Waals surface area (Å²) in [5.41, 5.74) is 2.24. The molecule has 1 fully saturated rings. The van der Waals surface area contributed by atoms with Crippen molar-refractivity contribution in [2.24, 2.45) is 0 Å². The summed E-state index contributed by atoms with van der Waals surface area (Å²) < 4.78 is 13.1. The van der Waals surface area contributed by atoms with Crippen molar-refractivity contribution in [1.29, 1.82) is 0 Å². The number of hydrogen-bond donors (Lipinski definition) is 0. The predicted octanol–water partition coefficient (Wildman–Crippen LogP) is 2.72. The van der Waals surface area contributed by atoms with Gasteiger partial charge < -0.3 is 14.4 Å². The van der Waals surface area contributed by atoms with Gasteiger partial charge >= 0.3 is 0 Å². The first-order chi connectivity index (χ1) is 12.2. The second kappa shape index (κ2) is 6.78. The van der Waals surface area contributed by atoms with Crippen LogP contribution < -0.4 is 9.47 Å². The van der Waals surface area contributed by atoms with Crippen LogP contribution in [0.1, 0.15) is 36.4 Å². The number of nitrogens with zero attached hydrogens (tertiary/aromatic N) is 3. The van der Waals surface area contributed by atoms with Gasteiger partial charge in [-0.3, -0.25) is 9.48 Å². The minimum atomic E-state index is 0.127. The molecule has 0 saturated carbocycles. The normalized spacial score (nSPS) is 19.2. The van der Waals surface area contributed by atoms with Crippen molar-refractivity contribution in [2.45, 2.75) is 38.8 Å². The molecule has 132 valence electrons. The van der Waals surface area contributed by atoms with E-state index in [2.05, 4.69) is 11.2 Å². The molecule has 0 aliphatic carbocycles. The van der Waals surface area contributed by atoms with E-state index in [1.165, 1.54) is 0 Å². The Kier molecular flexibility index (Phi) is 4.34. The zero-order valence-electron chi connectivity index (χ0n) is 14.5. The lowest BCUT2D eigenvalue weighted by atomic mass is 10.0. The molecule has 0 N–H and O–H groups in total. The van der Waals surface area contributed by atoms with Crippen LogP contribution in [0, 0.1) is 6.92 Å². The first kappa shape index (κ1) is 16.0. The van der Waals surface area contributed by atoms with Crippen LogP contribution in [-0.4, -0.2) is 40.3 Å². The van der Waals surface area contributed by atoms with Gasteiger partial charge in [0.15, 0.2) is 11.5 Å². The van der Waals surface area contributed by atoms with E-state index in [9.17, 15) is 4.79 Å². The van der Waals surface area contributed by atoms with Crippen molar-refractivity contribution >= 4 is 5.91 Å². The summed E-state index contributed by atoms with van der Waals surface area (Å²) >= 11 is 0. The largest absolute Gasteiger partial charge is 0.486 e. The van der Waals surface area contributed by atoms with E-state index in [1.807, 2.05) is 41.0 Å². The predicted molar refractivity (Wildman–Crippen MR) is 92.7 cm³/mol. The Hall–Kier alpha value is -2.50. The molecule has 0 spiro atoms. The number of fused-ring (bicyclic) bond motifs is 1. The zero-order valence-corrected chi connectivity index (χ0v) is 14.5. The topological polar surface area (TPSA) is 56.6 Å². The molecule has 6 heteroatoms. The Bertz CT molecular complexity index is 771. The van der Waals surface area contributed by atoms with Crippen molar-refractivity contribution in [3.05, 3.63) is 41.7 Å². The average Bonchev–Trinajstić information content (AvgIpc) is 3.28. The molecule has 0 unspecified atom stereocenters. The first-order valence-electron chi connectivity index (χ1n) is 8.89. The molecule has 1 amide bonds. The minimum Gasteiger partial charge on any atom is -0.486 e. The van der Waals surface area contributed by atoms with Crippen LogP contribution in [0.4, 0.5) is 0 Å². The molecule has 25 heavy (non-hydrogen) atoms. The highest BCUT2D eigenvalue weighted by Gasteiger charge is 2.30. The van der Waals surface area contributed by atoms with Crippen LogP contribution in [0.15, 0.2) is 30.6 Å². The third-order valence-electron chi connectivity index (χ3n) is 4.84. The summed E-state index contributed by atoms with van der Waals surface area (Å²) in [7, 11) is 0. The molecular formula is C19H23N3O3. The number of rotatable bonds is 4. The molecule has 6 nitrogen and oxygen atoms in total. The molecule has 2 aromatic rings. The van der Waals surface area contributed by atoms with Crippen LogP contribution in [0.2, 0.25) is 0 Å². The molecule has 0 radical (unpaired) electrons. The highest BCUT2D eigenvalue weighted by Crippen LogP contribution is 2.38. The summed E-state index contributed by atoms with van der Waals surface area (Å²) in [5.74, 6) is 1.76. The molecular weight excluding hydrogens is 318 g/mol. The van der Waals surface area contributed by atoms with E-state index < -0.39 is 0 Å². The third kappa shape index (κ3) is 3.34. The lowest BCUT2D eigenvalue weighted by Crippen LogP contribution is -2.31. The Morgan fingerprint density at radius 2 is 2.12 bits per heavy atom. The van der Waals surface area contributed by atoms with Crippen molar-refractivity contribution in [1.82, 2.24) is 14.7 Å². The van der Waals surface area contributed by atoms with Crippen molar-refractivity contribution in [3.8, 4) is 11.5 Å². The second-order valence-corrected chi connectivity index (χ2v) is 6.68. The fourth-order valence-electron chi connectivity index (χ4n) is 3.62. The molecule has 0 bridgehead atoms. The smallest absolute Gasteiger partial charge is 0.224 e. The maximum Gasteiger partial charge on any atom is 0.224 e. The van der Waals surface area contributed by atoms with Gasteiger partial charge in [-0.25, -0.2) is 0 Å². The minimum absolute atomic E-state index is 0.127. The molecule has 3 heterocycles. The lowest BCUT2D eigenvalue weighted by Gasteiger charge is -2.27. The number of benzene rings is 1. The van der Waals surface area contributed by atoms with Crippen molar-refractivity contribution < 1.29 is 14.3 Å². The quantitative estimate of drug-likeness (QED) is 0.858. The number of aromatic nitrogens is 2. The molecule has 1 atom stereocenters. The SMILES string of the molecule is Cc1cnn(CCC(=O)N2CCC[C@H]2c2ccc3c(c2)OCCO3)c1. The summed E-state index contributed by atoms with van der Waals surface area (Å²) in [4.78, 5) is 14.7. The van der Waals surface area contributed by atoms with Crippen LogP contribution in [0.5, 0.6) is 11.5 Å². The Morgan fingerprint density at radius 3 is 2.92 bits per heavy atom. The van der Waals surface area contributed by atoms with Crippen LogP contribution in [-0.2, 0) is 11.3 Å². The number of aryl methyl sites for hydroxylation is 2. The van der Waals surface area contributed by atoms with Crippen LogP contribution in [0.25, 0.3) is 0 Å². The second-order valence-electron chi connectivity index (χ2n) is 6.68. The fourth-order valence-corrected chi connectivity index (χ4v) is 3.62. The fraction of sp³-hybridized carbons (Fsp3) is 0.474. The van der Waals surface area contributed by atoms with Gasteiger partial charge in [-0.2, -0.15) is 5.10 Å². The van der Waals surface area contributed by atoms with Gasteiger partial charge in [0, 0.05) is 25.7 Å².